The van der Waals surface area contributed by atoms with Gasteiger partial charge in [0.2, 0.25) is 5.91 Å². The van der Waals surface area contributed by atoms with Crippen LogP contribution in [0.1, 0.15) is 0 Å². The van der Waals surface area contributed by atoms with E-state index in [1.54, 1.807) is 18.4 Å². The highest BCUT2D eigenvalue weighted by molar-refractivity contribution is 8.01. The van der Waals surface area contributed by atoms with Crippen LogP contribution in [0.15, 0.2) is 28.6 Å². The van der Waals surface area contributed by atoms with Crippen LogP contribution < -0.4 is 5.32 Å². The molecule has 2 aromatic rings. The second kappa shape index (κ2) is 6.72. The van der Waals surface area contributed by atoms with Crippen molar-refractivity contribution in [3.63, 3.8) is 0 Å². The van der Waals surface area contributed by atoms with E-state index < -0.39 is 0 Å². The number of ether oxygens (including phenoxy) is 1. The van der Waals surface area contributed by atoms with E-state index >= 15 is 0 Å². The number of fused-ring (bicyclic) bond motifs is 1. The largest absolute Gasteiger partial charge is 0.383 e. The minimum Gasteiger partial charge on any atom is -0.383 e. The molecule has 0 fully saturated rings. The molecular formula is C12H14N2O2S2. The van der Waals surface area contributed by atoms with Crippen LogP contribution in [-0.2, 0) is 9.53 Å². The normalized spacial score (nSPS) is 10.7. The number of thioether (sulfide) groups is 1. The Morgan fingerprint density at radius 3 is 3.11 bits per heavy atom. The summed E-state index contributed by atoms with van der Waals surface area (Å²) in [6.45, 7) is 1.09. The van der Waals surface area contributed by atoms with Gasteiger partial charge < -0.3 is 10.1 Å². The van der Waals surface area contributed by atoms with E-state index in [4.69, 9.17) is 4.74 Å². The van der Waals surface area contributed by atoms with Crippen molar-refractivity contribution in [1.29, 1.82) is 0 Å². The molecule has 4 nitrogen and oxygen atoms in total. The van der Waals surface area contributed by atoms with Crippen molar-refractivity contribution >= 4 is 39.2 Å². The lowest BCUT2D eigenvalue weighted by atomic mass is 10.3. The summed E-state index contributed by atoms with van der Waals surface area (Å²) in [5.74, 6) is 0.403. The van der Waals surface area contributed by atoms with Crippen molar-refractivity contribution in [2.45, 2.75) is 4.34 Å². The number of carbonyl (C=O) groups is 1. The van der Waals surface area contributed by atoms with Crippen LogP contribution in [-0.4, -0.2) is 36.9 Å². The van der Waals surface area contributed by atoms with Crippen LogP contribution in [0, 0.1) is 0 Å². The van der Waals surface area contributed by atoms with Gasteiger partial charge in [0.25, 0.3) is 0 Å². The molecule has 0 aliphatic heterocycles. The van der Waals surface area contributed by atoms with Crippen molar-refractivity contribution in [3.05, 3.63) is 24.3 Å². The van der Waals surface area contributed by atoms with Gasteiger partial charge in [-0.25, -0.2) is 4.98 Å². The fourth-order valence-corrected chi connectivity index (χ4v) is 3.28. The molecule has 0 saturated carbocycles. The first kappa shape index (κ1) is 13.3. The summed E-state index contributed by atoms with van der Waals surface area (Å²) in [5, 5.41) is 2.78. The second-order valence-corrected chi connectivity index (χ2v) is 5.83. The van der Waals surface area contributed by atoms with Gasteiger partial charge in [-0.15, -0.1) is 11.3 Å². The molecule has 96 valence electrons. The van der Waals surface area contributed by atoms with E-state index in [0.717, 1.165) is 14.6 Å². The number of carbonyl (C=O) groups excluding carboxylic acids is 1. The van der Waals surface area contributed by atoms with E-state index in [1.807, 2.05) is 24.3 Å². The number of nitrogens with zero attached hydrogens (tertiary/aromatic N) is 1. The lowest BCUT2D eigenvalue weighted by molar-refractivity contribution is -0.118. The van der Waals surface area contributed by atoms with Crippen LogP contribution in [0.4, 0.5) is 0 Å². The molecule has 6 heteroatoms. The Bertz CT molecular complexity index is 495. The fourth-order valence-electron chi connectivity index (χ4n) is 1.38. The molecule has 0 aliphatic rings. The van der Waals surface area contributed by atoms with Gasteiger partial charge in [-0.1, -0.05) is 23.9 Å². The highest BCUT2D eigenvalue weighted by Crippen LogP contribution is 2.28. The second-order valence-electron chi connectivity index (χ2n) is 3.58. The smallest absolute Gasteiger partial charge is 0.230 e. The molecule has 0 aliphatic carbocycles. The van der Waals surface area contributed by atoms with Crippen molar-refractivity contribution in [3.8, 4) is 0 Å². The number of hydrogen-bond donors (Lipinski definition) is 1. The Balaban J connectivity index is 1.84. The number of hydrogen-bond acceptors (Lipinski definition) is 5. The summed E-state index contributed by atoms with van der Waals surface area (Å²) in [4.78, 5) is 16.0. The molecule has 1 aromatic carbocycles. The van der Waals surface area contributed by atoms with E-state index in [9.17, 15) is 4.79 Å². The minimum atomic E-state index is 0.0105. The summed E-state index contributed by atoms with van der Waals surface area (Å²) >= 11 is 3.08. The minimum absolute atomic E-state index is 0.0105. The zero-order chi connectivity index (χ0) is 12.8. The Morgan fingerprint density at radius 1 is 1.50 bits per heavy atom. The molecule has 0 bridgehead atoms. The third-order valence-corrected chi connectivity index (χ3v) is 4.41. The highest BCUT2D eigenvalue weighted by atomic mass is 32.2. The molecule has 0 unspecified atom stereocenters. The molecule has 1 aromatic heterocycles. The van der Waals surface area contributed by atoms with Gasteiger partial charge in [0.15, 0.2) is 4.34 Å². The van der Waals surface area contributed by atoms with E-state index in [2.05, 4.69) is 10.3 Å². The van der Waals surface area contributed by atoms with Gasteiger partial charge in [-0.05, 0) is 12.1 Å². The number of methoxy groups -OCH3 is 1. The fraction of sp³-hybridized carbons (Fsp3) is 0.333. The van der Waals surface area contributed by atoms with Gasteiger partial charge in [-0.3, -0.25) is 4.79 Å². The summed E-state index contributed by atoms with van der Waals surface area (Å²) in [6, 6.07) is 7.98. The third-order valence-electron chi connectivity index (χ3n) is 2.23. The number of nitrogens with one attached hydrogen (secondary N) is 1. The first-order chi connectivity index (χ1) is 8.79. The van der Waals surface area contributed by atoms with Gasteiger partial charge in [0.05, 0.1) is 22.6 Å². The number of para-hydroxylation sites is 1. The summed E-state index contributed by atoms with van der Waals surface area (Å²) in [7, 11) is 1.61. The SMILES string of the molecule is COCCNC(=O)CSc1nc2ccccc2s1. The van der Waals surface area contributed by atoms with Crippen molar-refractivity contribution in [2.24, 2.45) is 0 Å². The van der Waals surface area contributed by atoms with Gasteiger partial charge >= 0.3 is 0 Å². The number of thiazole rings is 1. The summed E-state index contributed by atoms with van der Waals surface area (Å²) in [5.41, 5.74) is 0.991. The molecule has 0 radical (unpaired) electrons. The Kier molecular flexibility index (Phi) is 4.98. The van der Waals surface area contributed by atoms with E-state index in [-0.39, 0.29) is 5.91 Å². The molecule has 2 rings (SSSR count). The molecule has 0 atom stereocenters. The maximum absolute atomic E-state index is 11.5. The van der Waals surface area contributed by atoms with Crippen molar-refractivity contribution in [2.75, 3.05) is 26.0 Å². The van der Waals surface area contributed by atoms with Gasteiger partial charge in [0, 0.05) is 13.7 Å². The maximum atomic E-state index is 11.5. The van der Waals surface area contributed by atoms with Gasteiger partial charge in [0.1, 0.15) is 0 Å². The first-order valence-electron chi connectivity index (χ1n) is 5.53. The predicted octanol–water partition coefficient (Wildman–Crippen LogP) is 2.15. The maximum Gasteiger partial charge on any atom is 0.230 e. The zero-order valence-electron chi connectivity index (χ0n) is 10.0. The van der Waals surface area contributed by atoms with E-state index in [1.165, 1.54) is 11.8 Å². The standard InChI is InChI=1S/C12H14N2O2S2/c1-16-7-6-13-11(15)8-17-12-14-9-4-2-3-5-10(9)18-12/h2-5H,6-8H2,1H3,(H,13,15). The molecule has 18 heavy (non-hydrogen) atoms. The molecule has 1 N–H and O–H groups in total. The van der Waals surface area contributed by atoms with Crippen LogP contribution in [0.25, 0.3) is 10.2 Å². The average Bonchev–Trinajstić information content (AvgIpc) is 2.79. The zero-order valence-corrected chi connectivity index (χ0v) is 11.6. The van der Waals surface area contributed by atoms with Crippen LogP contribution in [0.5, 0.6) is 0 Å². The first-order valence-corrected chi connectivity index (χ1v) is 7.34. The molecule has 0 saturated heterocycles. The molecule has 0 spiro atoms. The third kappa shape index (κ3) is 3.69. The Labute approximate surface area is 114 Å². The molecule has 1 heterocycles. The van der Waals surface area contributed by atoms with Crippen LogP contribution in [0.3, 0.4) is 0 Å². The number of rotatable bonds is 6. The monoisotopic (exact) mass is 282 g/mol. The lowest BCUT2D eigenvalue weighted by Crippen LogP contribution is -2.28. The highest BCUT2D eigenvalue weighted by Gasteiger charge is 2.06. The number of benzene rings is 1. The summed E-state index contributed by atoms with van der Waals surface area (Å²) < 4.78 is 6.94. The quantitative estimate of drug-likeness (QED) is 0.651. The Hall–Kier alpha value is -1.11. The van der Waals surface area contributed by atoms with Gasteiger partial charge in [-0.2, -0.15) is 0 Å². The van der Waals surface area contributed by atoms with Crippen molar-refractivity contribution in [1.82, 2.24) is 10.3 Å². The van der Waals surface area contributed by atoms with Crippen LogP contribution >= 0.6 is 23.1 Å². The van der Waals surface area contributed by atoms with Crippen molar-refractivity contribution < 1.29 is 9.53 Å². The number of amides is 1. The van der Waals surface area contributed by atoms with Crippen LogP contribution in [0.2, 0.25) is 0 Å². The number of aromatic nitrogens is 1. The topological polar surface area (TPSA) is 51.2 Å². The Morgan fingerprint density at radius 2 is 2.33 bits per heavy atom. The summed E-state index contributed by atoms with van der Waals surface area (Å²) in [6.07, 6.45) is 0. The average molecular weight is 282 g/mol. The lowest BCUT2D eigenvalue weighted by Gasteiger charge is -2.02. The molecule has 1 amide bonds. The van der Waals surface area contributed by atoms with E-state index in [0.29, 0.717) is 18.9 Å². The predicted molar refractivity (Wildman–Crippen MR) is 75.2 cm³/mol. The molecular weight excluding hydrogens is 268 g/mol.